The first-order valence-corrected chi connectivity index (χ1v) is 6.81. The fourth-order valence-corrected chi connectivity index (χ4v) is 3.77. The minimum absolute atomic E-state index is 0.103. The summed E-state index contributed by atoms with van der Waals surface area (Å²) in [5.41, 5.74) is -1.31. The van der Waals surface area contributed by atoms with Gasteiger partial charge in [0.05, 0.1) is 23.4 Å². The summed E-state index contributed by atoms with van der Waals surface area (Å²) in [6.45, 7) is 12.0. The summed E-state index contributed by atoms with van der Waals surface area (Å²) >= 11 is 0. The maximum Gasteiger partial charge on any atom is 0.0884 e. The van der Waals surface area contributed by atoms with E-state index in [0.29, 0.717) is 19.3 Å². The summed E-state index contributed by atoms with van der Waals surface area (Å²) in [6.07, 6.45) is 3.29. The zero-order chi connectivity index (χ0) is 13.8. The van der Waals surface area contributed by atoms with Gasteiger partial charge in [-0.3, -0.25) is 0 Å². The third-order valence-electron chi connectivity index (χ3n) is 4.56. The Balaban J connectivity index is 2.25. The van der Waals surface area contributed by atoms with E-state index >= 15 is 0 Å². The molecule has 0 aromatic carbocycles. The Hall–Kier alpha value is -0.380. The molecule has 4 unspecified atom stereocenters. The van der Waals surface area contributed by atoms with Crippen LogP contribution in [0.2, 0.25) is 0 Å². The number of rotatable bonds is 2. The summed E-state index contributed by atoms with van der Waals surface area (Å²) in [5.74, 6) is -0.149. The molecule has 3 nitrogen and oxygen atoms in total. The van der Waals surface area contributed by atoms with Gasteiger partial charge in [-0.1, -0.05) is 13.0 Å². The van der Waals surface area contributed by atoms with Gasteiger partial charge in [-0.25, -0.2) is 0 Å². The number of aliphatic hydroxyl groups is 2. The summed E-state index contributed by atoms with van der Waals surface area (Å²) in [4.78, 5) is 0. The van der Waals surface area contributed by atoms with E-state index in [0.717, 1.165) is 0 Å². The van der Waals surface area contributed by atoms with Crippen LogP contribution in [0.25, 0.3) is 0 Å². The van der Waals surface area contributed by atoms with Gasteiger partial charge in [0, 0.05) is 5.92 Å². The van der Waals surface area contributed by atoms with Crippen molar-refractivity contribution in [2.75, 3.05) is 0 Å². The number of hydrogen-bond donors (Lipinski definition) is 2. The first-order valence-electron chi connectivity index (χ1n) is 6.81. The van der Waals surface area contributed by atoms with Crippen LogP contribution in [-0.2, 0) is 4.74 Å². The Bertz CT molecular complexity index is 346. The Labute approximate surface area is 110 Å². The normalized spacial score (nSPS) is 48.2. The molecule has 104 valence electrons. The SMILES string of the molecule is C=CC1(O)CC2(C)CC(O)C1C[C@@H]2OC(C)(C)C. The predicted molar refractivity (Wildman–Crippen MR) is 71.2 cm³/mol. The molecule has 0 amide bonds. The highest BCUT2D eigenvalue weighted by atomic mass is 16.5. The molecule has 0 aromatic heterocycles. The summed E-state index contributed by atoms with van der Waals surface area (Å²) in [6, 6.07) is 0. The Morgan fingerprint density at radius 3 is 2.44 bits per heavy atom. The first-order chi connectivity index (χ1) is 8.10. The lowest BCUT2D eigenvalue weighted by molar-refractivity contribution is -0.236. The largest absolute Gasteiger partial charge is 0.393 e. The van der Waals surface area contributed by atoms with Crippen LogP contribution in [0.5, 0.6) is 0 Å². The molecule has 0 aliphatic heterocycles. The number of fused-ring (bicyclic) bond motifs is 3. The van der Waals surface area contributed by atoms with Crippen molar-refractivity contribution in [1.29, 1.82) is 0 Å². The summed E-state index contributed by atoms with van der Waals surface area (Å²) in [5, 5.41) is 20.8. The molecule has 0 spiro atoms. The lowest BCUT2D eigenvalue weighted by atomic mass is 9.52. The molecule has 3 rings (SSSR count). The van der Waals surface area contributed by atoms with Crippen molar-refractivity contribution in [3.8, 4) is 0 Å². The van der Waals surface area contributed by atoms with E-state index in [1.807, 2.05) is 0 Å². The van der Waals surface area contributed by atoms with Crippen LogP contribution in [0.3, 0.4) is 0 Å². The maximum atomic E-state index is 10.6. The molecule has 3 aliphatic carbocycles. The summed E-state index contributed by atoms with van der Waals surface area (Å²) < 4.78 is 6.15. The molecule has 3 aliphatic rings. The highest BCUT2D eigenvalue weighted by Gasteiger charge is 2.59. The maximum absolute atomic E-state index is 10.6. The highest BCUT2D eigenvalue weighted by molar-refractivity contribution is 5.16. The van der Waals surface area contributed by atoms with Crippen LogP contribution >= 0.6 is 0 Å². The molecule has 0 aromatic rings. The molecule has 3 heteroatoms. The first kappa shape index (κ1) is 14.0. The van der Waals surface area contributed by atoms with Crippen molar-refractivity contribution in [2.24, 2.45) is 11.3 Å². The van der Waals surface area contributed by atoms with Gasteiger partial charge in [-0.05, 0) is 45.4 Å². The molecule has 0 radical (unpaired) electrons. The van der Waals surface area contributed by atoms with Crippen molar-refractivity contribution < 1.29 is 14.9 Å². The monoisotopic (exact) mass is 254 g/mol. The van der Waals surface area contributed by atoms with E-state index in [9.17, 15) is 10.2 Å². The molecule has 18 heavy (non-hydrogen) atoms. The van der Waals surface area contributed by atoms with Gasteiger partial charge < -0.3 is 14.9 Å². The molecule has 5 atom stereocenters. The molecule has 0 saturated heterocycles. The van der Waals surface area contributed by atoms with E-state index in [2.05, 4.69) is 34.3 Å². The van der Waals surface area contributed by atoms with Crippen LogP contribution in [-0.4, -0.2) is 33.6 Å². The van der Waals surface area contributed by atoms with Gasteiger partial charge in [0.2, 0.25) is 0 Å². The van der Waals surface area contributed by atoms with Gasteiger partial charge in [0.15, 0.2) is 0 Å². The van der Waals surface area contributed by atoms with Gasteiger partial charge >= 0.3 is 0 Å². The molecule has 3 saturated carbocycles. The topological polar surface area (TPSA) is 49.7 Å². The van der Waals surface area contributed by atoms with E-state index in [1.165, 1.54) is 0 Å². The van der Waals surface area contributed by atoms with Crippen LogP contribution in [0, 0.1) is 11.3 Å². The third kappa shape index (κ3) is 2.24. The fraction of sp³-hybridized carbons (Fsp3) is 0.867. The van der Waals surface area contributed by atoms with Crippen molar-refractivity contribution in [3.05, 3.63) is 12.7 Å². The second-order valence-corrected chi connectivity index (χ2v) is 7.36. The molecule has 3 fully saturated rings. The Morgan fingerprint density at radius 2 is 2.00 bits per heavy atom. The molecule has 2 bridgehead atoms. The standard InChI is InChI=1S/C15H26O3/c1-6-15(17)9-14(5)8-11(16)10(15)7-12(14)18-13(2,3)4/h6,10-12,16-17H,1,7-9H2,2-5H3/t10?,11?,12-,14?,15?/m0/s1. The van der Waals surface area contributed by atoms with Gasteiger partial charge in [-0.15, -0.1) is 6.58 Å². The zero-order valence-corrected chi connectivity index (χ0v) is 11.9. The lowest BCUT2D eigenvalue weighted by Crippen LogP contribution is -2.63. The quantitative estimate of drug-likeness (QED) is 0.743. The van der Waals surface area contributed by atoms with Crippen LogP contribution in [0.15, 0.2) is 12.7 Å². The predicted octanol–water partition coefficient (Wildman–Crippen LogP) is 2.27. The summed E-state index contributed by atoms with van der Waals surface area (Å²) in [7, 11) is 0. The number of hydrogen-bond acceptors (Lipinski definition) is 3. The van der Waals surface area contributed by atoms with E-state index in [-0.39, 0.29) is 23.0 Å². The van der Waals surface area contributed by atoms with E-state index in [1.54, 1.807) is 6.08 Å². The van der Waals surface area contributed by atoms with Crippen molar-refractivity contribution >= 4 is 0 Å². The van der Waals surface area contributed by atoms with Crippen LogP contribution in [0.4, 0.5) is 0 Å². The van der Waals surface area contributed by atoms with Crippen LogP contribution in [0.1, 0.15) is 47.0 Å². The molecular weight excluding hydrogens is 228 g/mol. The second-order valence-electron chi connectivity index (χ2n) is 7.36. The molecular formula is C15H26O3. The smallest absolute Gasteiger partial charge is 0.0884 e. The highest BCUT2D eigenvalue weighted by Crippen LogP contribution is 2.56. The molecule has 2 N–H and O–H groups in total. The second kappa shape index (κ2) is 4.06. The Kier molecular flexibility index (Phi) is 3.16. The van der Waals surface area contributed by atoms with Crippen molar-refractivity contribution in [3.63, 3.8) is 0 Å². The average molecular weight is 254 g/mol. The zero-order valence-electron chi connectivity index (χ0n) is 11.9. The van der Waals surface area contributed by atoms with Gasteiger partial charge in [0.25, 0.3) is 0 Å². The van der Waals surface area contributed by atoms with Crippen molar-refractivity contribution in [1.82, 2.24) is 0 Å². The van der Waals surface area contributed by atoms with Gasteiger partial charge in [-0.2, -0.15) is 0 Å². The third-order valence-corrected chi connectivity index (χ3v) is 4.56. The van der Waals surface area contributed by atoms with Crippen molar-refractivity contribution in [2.45, 2.75) is 70.4 Å². The number of ether oxygens (including phenoxy) is 1. The van der Waals surface area contributed by atoms with Gasteiger partial charge in [0.1, 0.15) is 0 Å². The number of aliphatic hydroxyl groups excluding tert-OH is 1. The molecule has 0 heterocycles. The van der Waals surface area contributed by atoms with E-state index < -0.39 is 11.7 Å². The minimum Gasteiger partial charge on any atom is -0.393 e. The average Bonchev–Trinajstić information content (AvgIpc) is 2.18. The minimum atomic E-state index is -0.940. The Morgan fingerprint density at radius 1 is 1.39 bits per heavy atom. The van der Waals surface area contributed by atoms with Crippen LogP contribution < -0.4 is 0 Å². The van der Waals surface area contributed by atoms with E-state index in [4.69, 9.17) is 4.74 Å². The lowest BCUT2D eigenvalue weighted by Gasteiger charge is -2.59. The fourth-order valence-electron chi connectivity index (χ4n) is 3.77.